The van der Waals surface area contributed by atoms with Crippen molar-refractivity contribution in [2.24, 2.45) is 28.7 Å². The fraction of sp³-hybridized carbons (Fsp3) is 0.947. The lowest BCUT2D eigenvalue weighted by molar-refractivity contribution is 0.250. The van der Waals surface area contributed by atoms with E-state index in [1.807, 2.05) is 0 Å². The maximum absolute atomic E-state index is 7.73. The molecule has 0 amide bonds. The lowest BCUT2D eigenvalue weighted by Gasteiger charge is -2.33. The van der Waals surface area contributed by atoms with Crippen LogP contribution in [0.15, 0.2) is 0 Å². The summed E-state index contributed by atoms with van der Waals surface area (Å²) in [4.78, 5) is 0. The molecule has 2 aliphatic rings. The van der Waals surface area contributed by atoms with Gasteiger partial charge in [0, 0.05) is 11.5 Å². The van der Waals surface area contributed by atoms with Crippen LogP contribution in [-0.4, -0.2) is 11.4 Å². The van der Waals surface area contributed by atoms with Gasteiger partial charge in [-0.25, -0.2) is 0 Å². The zero-order chi connectivity index (χ0) is 16.2. The van der Waals surface area contributed by atoms with E-state index in [0.29, 0.717) is 17.2 Å². The average molecular weight is 308 g/mol. The Morgan fingerprint density at radius 1 is 1.05 bits per heavy atom. The molecule has 22 heavy (non-hydrogen) atoms. The quantitative estimate of drug-likeness (QED) is 0.527. The average Bonchev–Trinajstić information content (AvgIpc) is 2.99. The summed E-state index contributed by atoms with van der Waals surface area (Å²) in [6.07, 6.45) is 14.5. The van der Waals surface area contributed by atoms with Gasteiger partial charge in [0.05, 0.1) is 5.84 Å². The molecule has 0 radical (unpaired) electrons. The van der Waals surface area contributed by atoms with Crippen molar-refractivity contribution in [1.82, 2.24) is 0 Å². The largest absolute Gasteiger partial charge is 0.387 e. The third-order valence-electron chi connectivity index (χ3n) is 6.45. The van der Waals surface area contributed by atoms with Crippen molar-refractivity contribution < 1.29 is 0 Å². The first-order valence-corrected chi connectivity index (χ1v) is 9.47. The van der Waals surface area contributed by atoms with E-state index in [0.717, 1.165) is 18.8 Å². The number of nitrogens with two attached hydrogens (primary N) is 2. The van der Waals surface area contributed by atoms with E-state index in [1.54, 1.807) is 0 Å². The molecule has 0 aromatic carbocycles. The van der Waals surface area contributed by atoms with Crippen LogP contribution in [0.1, 0.15) is 90.9 Å². The van der Waals surface area contributed by atoms with Crippen LogP contribution in [0.5, 0.6) is 0 Å². The second kappa shape index (κ2) is 7.33. The predicted octanol–water partition coefficient (Wildman–Crippen LogP) is 4.59. The van der Waals surface area contributed by atoms with E-state index < -0.39 is 0 Å². The highest BCUT2D eigenvalue weighted by molar-refractivity contribution is 5.79. The third kappa shape index (κ3) is 4.97. The molecule has 1 unspecified atom stereocenters. The molecule has 128 valence electrons. The topological polar surface area (TPSA) is 75.9 Å². The Hall–Kier alpha value is -0.570. The standard InChI is InChI=1S/C19H37N3/c1-15-13-18(15,2)14-19(22)11-7-3-5-9-16(17(20)21)10-6-4-8-12-19/h15-16H,3-14,22H2,1-2H3,(H3,20,21)/t15?,16?,18-,19?/m1/s1. The van der Waals surface area contributed by atoms with Crippen molar-refractivity contribution in [2.45, 2.75) is 96.4 Å². The minimum atomic E-state index is 0.0681. The zero-order valence-electron chi connectivity index (χ0n) is 14.8. The van der Waals surface area contributed by atoms with Gasteiger partial charge in [0.25, 0.3) is 0 Å². The Morgan fingerprint density at radius 3 is 1.95 bits per heavy atom. The number of hydrogen-bond donors (Lipinski definition) is 3. The highest BCUT2D eigenvalue weighted by Gasteiger charge is 2.49. The van der Waals surface area contributed by atoms with Gasteiger partial charge in [0.2, 0.25) is 0 Å². The molecule has 3 nitrogen and oxygen atoms in total. The SMILES string of the molecule is CC1C[C@]1(C)CC1(N)CCCCCC(C(=N)N)CCCCC1. The normalized spacial score (nSPS) is 41.2. The molecule has 0 aromatic rings. The fourth-order valence-electron chi connectivity index (χ4n) is 4.54. The highest BCUT2D eigenvalue weighted by Crippen LogP contribution is 2.57. The minimum absolute atomic E-state index is 0.0681. The van der Waals surface area contributed by atoms with Crippen LogP contribution in [-0.2, 0) is 0 Å². The van der Waals surface area contributed by atoms with Crippen LogP contribution in [0.3, 0.4) is 0 Å². The van der Waals surface area contributed by atoms with Gasteiger partial charge in [0.1, 0.15) is 0 Å². The second-order valence-electron chi connectivity index (χ2n) is 8.65. The molecule has 2 aliphatic carbocycles. The summed E-state index contributed by atoms with van der Waals surface area (Å²) < 4.78 is 0. The summed E-state index contributed by atoms with van der Waals surface area (Å²) in [6, 6.07) is 0. The van der Waals surface area contributed by atoms with E-state index in [-0.39, 0.29) is 5.54 Å². The smallest absolute Gasteiger partial charge is 0.0936 e. The molecule has 0 heterocycles. The van der Waals surface area contributed by atoms with Crippen LogP contribution in [0.25, 0.3) is 0 Å². The molecule has 0 spiro atoms. The first-order chi connectivity index (χ1) is 10.3. The van der Waals surface area contributed by atoms with E-state index in [2.05, 4.69) is 13.8 Å². The zero-order valence-corrected chi connectivity index (χ0v) is 14.8. The van der Waals surface area contributed by atoms with Gasteiger partial charge in [0.15, 0.2) is 0 Å². The van der Waals surface area contributed by atoms with Gasteiger partial charge in [-0.1, -0.05) is 52.4 Å². The predicted molar refractivity (Wildman–Crippen MR) is 95.0 cm³/mol. The number of nitrogens with one attached hydrogen (secondary N) is 1. The first kappa shape index (κ1) is 17.8. The third-order valence-corrected chi connectivity index (χ3v) is 6.45. The van der Waals surface area contributed by atoms with E-state index >= 15 is 0 Å². The van der Waals surface area contributed by atoms with E-state index in [4.69, 9.17) is 16.9 Å². The Kier molecular flexibility index (Phi) is 5.93. The van der Waals surface area contributed by atoms with Crippen LogP contribution in [0.4, 0.5) is 0 Å². The van der Waals surface area contributed by atoms with Crippen molar-refractivity contribution in [1.29, 1.82) is 5.41 Å². The minimum Gasteiger partial charge on any atom is -0.387 e. The summed E-state index contributed by atoms with van der Waals surface area (Å²) in [5.74, 6) is 1.60. The summed E-state index contributed by atoms with van der Waals surface area (Å²) in [6.45, 7) is 4.81. The van der Waals surface area contributed by atoms with Crippen molar-refractivity contribution in [3.05, 3.63) is 0 Å². The molecule has 5 N–H and O–H groups in total. The Morgan fingerprint density at radius 2 is 1.55 bits per heavy atom. The molecule has 2 atom stereocenters. The maximum Gasteiger partial charge on any atom is 0.0936 e. The van der Waals surface area contributed by atoms with Crippen LogP contribution < -0.4 is 11.5 Å². The van der Waals surface area contributed by atoms with Crippen molar-refractivity contribution in [2.75, 3.05) is 0 Å². The number of amidine groups is 1. The molecule has 3 heteroatoms. The van der Waals surface area contributed by atoms with Crippen LogP contribution in [0.2, 0.25) is 0 Å². The van der Waals surface area contributed by atoms with Crippen molar-refractivity contribution in [3.63, 3.8) is 0 Å². The molecule has 2 rings (SSSR count). The lowest BCUT2D eigenvalue weighted by atomic mass is 9.78. The number of hydrogen-bond acceptors (Lipinski definition) is 2. The Bertz CT molecular complexity index is 365. The van der Waals surface area contributed by atoms with Gasteiger partial charge in [-0.15, -0.1) is 0 Å². The van der Waals surface area contributed by atoms with Crippen molar-refractivity contribution in [3.8, 4) is 0 Å². The molecule has 0 aromatic heterocycles. The molecule has 2 fully saturated rings. The van der Waals surface area contributed by atoms with Crippen LogP contribution >= 0.6 is 0 Å². The van der Waals surface area contributed by atoms with Crippen LogP contribution in [0, 0.1) is 22.7 Å². The Labute approximate surface area is 137 Å². The Balaban J connectivity index is 1.87. The van der Waals surface area contributed by atoms with E-state index in [9.17, 15) is 0 Å². The van der Waals surface area contributed by atoms with Gasteiger partial charge in [-0.3, -0.25) is 5.41 Å². The molecular formula is C19H37N3. The maximum atomic E-state index is 7.73. The molecule has 2 saturated carbocycles. The van der Waals surface area contributed by atoms with Gasteiger partial charge >= 0.3 is 0 Å². The van der Waals surface area contributed by atoms with Crippen molar-refractivity contribution >= 4 is 5.84 Å². The van der Waals surface area contributed by atoms with Gasteiger partial charge in [-0.05, 0) is 49.9 Å². The first-order valence-electron chi connectivity index (χ1n) is 9.47. The molecule has 0 aliphatic heterocycles. The molecule has 0 saturated heterocycles. The number of rotatable bonds is 3. The molecular weight excluding hydrogens is 270 g/mol. The summed E-state index contributed by atoms with van der Waals surface area (Å²) >= 11 is 0. The monoisotopic (exact) mass is 307 g/mol. The van der Waals surface area contributed by atoms with Gasteiger partial charge in [-0.2, -0.15) is 0 Å². The molecule has 0 bridgehead atoms. The lowest BCUT2D eigenvalue weighted by Crippen LogP contribution is -2.42. The summed E-state index contributed by atoms with van der Waals surface area (Å²) in [5.41, 5.74) is 13.2. The fourth-order valence-corrected chi connectivity index (χ4v) is 4.54. The summed E-state index contributed by atoms with van der Waals surface area (Å²) in [7, 11) is 0. The highest BCUT2D eigenvalue weighted by atomic mass is 14.8. The summed E-state index contributed by atoms with van der Waals surface area (Å²) in [5, 5.41) is 7.73. The van der Waals surface area contributed by atoms with E-state index in [1.165, 1.54) is 64.2 Å². The second-order valence-corrected chi connectivity index (χ2v) is 8.65. The van der Waals surface area contributed by atoms with Gasteiger partial charge < -0.3 is 11.5 Å².